The van der Waals surface area contributed by atoms with E-state index in [0.717, 1.165) is 44.1 Å². The van der Waals surface area contributed by atoms with E-state index in [1.807, 2.05) is 16.7 Å². The Hall–Kier alpha value is -0.380. The van der Waals surface area contributed by atoms with E-state index in [0.29, 0.717) is 5.92 Å². The molecule has 0 radical (unpaired) electrons. The molecular weight excluding hydrogens is 220 g/mol. The lowest BCUT2D eigenvalue weighted by Gasteiger charge is -2.35. The number of piperidine rings is 1. The summed E-state index contributed by atoms with van der Waals surface area (Å²) in [5, 5.41) is 3.00. The summed E-state index contributed by atoms with van der Waals surface area (Å²) in [4.78, 5) is 13.8. The minimum atomic E-state index is 0.125. The fraction of sp³-hybridized carbons (Fsp3) is 0.917. The zero-order chi connectivity index (χ0) is 12.0. The van der Waals surface area contributed by atoms with Gasteiger partial charge in [-0.05, 0) is 36.7 Å². The molecule has 0 aromatic carbocycles. The van der Waals surface area contributed by atoms with Crippen molar-refractivity contribution in [2.24, 2.45) is 11.8 Å². The Labute approximate surface area is 103 Å². The van der Waals surface area contributed by atoms with E-state index < -0.39 is 0 Å². The van der Waals surface area contributed by atoms with Gasteiger partial charge in [-0.15, -0.1) is 0 Å². The summed E-state index contributed by atoms with van der Waals surface area (Å²) in [5.74, 6) is 2.50. The fourth-order valence-corrected chi connectivity index (χ4v) is 2.40. The average molecular weight is 244 g/mol. The predicted molar refractivity (Wildman–Crippen MR) is 70.9 cm³/mol. The molecule has 0 spiro atoms. The van der Waals surface area contributed by atoms with Crippen molar-refractivity contribution in [1.29, 1.82) is 0 Å². The summed E-state index contributed by atoms with van der Waals surface area (Å²) in [6.45, 7) is 7.14. The van der Waals surface area contributed by atoms with Crippen LogP contribution in [0, 0.1) is 11.8 Å². The molecule has 1 N–H and O–H groups in total. The van der Waals surface area contributed by atoms with Crippen molar-refractivity contribution in [3.63, 3.8) is 0 Å². The second-order valence-electron chi connectivity index (χ2n) is 4.77. The normalized spacial score (nSPS) is 25.6. The van der Waals surface area contributed by atoms with Gasteiger partial charge in [-0.2, -0.15) is 11.8 Å². The van der Waals surface area contributed by atoms with Crippen molar-refractivity contribution in [3.8, 4) is 0 Å². The zero-order valence-corrected chi connectivity index (χ0v) is 11.5. The van der Waals surface area contributed by atoms with Crippen molar-refractivity contribution >= 4 is 17.8 Å². The average Bonchev–Trinajstić information content (AvgIpc) is 2.28. The fourth-order valence-electron chi connectivity index (χ4n) is 1.97. The third-order valence-electron chi connectivity index (χ3n) is 3.42. The van der Waals surface area contributed by atoms with E-state index in [1.165, 1.54) is 0 Å². The summed E-state index contributed by atoms with van der Waals surface area (Å²) < 4.78 is 0. The molecule has 16 heavy (non-hydrogen) atoms. The molecule has 1 heterocycles. The van der Waals surface area contributed by atoms with Gasteiger partial charge in [-0.25, -0.2) is 4.79 Å². The second kappa shape index (κ2) is 7.05. The molecule has 1 fully saturated rings. The number of urea groups is 1. The molecule has 0 bridgehead atoms. The second-order valence-corrected chi connectivity index (χ2v) is 5.75. The largest absolute Gasteiger partial charge is 0.338 e. The standard InChI is InChI=1S/C12H24N2OS/c1-10-5-7-14(9-11(10)2)12(15)13-6-4-8-16-3/h10-11H,4-9H2,1-3H3,(H,13,15)/t10-,11+/m0/s1. The van der Waals surface area contributed by atoms with E-state index in [2.05, 4.69) is 25.4 Å². The van der Waals surface area contributed by atoms with Crippen LogP contribution in [-0.4, -0.2) is 42.6 Å². The van der Waals surface area contributed by atoms with Crippen LogP contribution in [-0.2, 0) is 0 Å². The lowest BCUT2D eigenvalue weighted by molar-refractivity contribution is 0.144. The van der Waals surface area contributed by atoms with E-state index >= 15 is 0 Å². The first-order valence-corrected chi connectivity index (χ1v) is 7.56. The van der Waals surface area contributed by atoms with Gasteiger partial charge in [0.25, 0.3) is 0 Å². The Morgan fingerprint density at radius 2 is 2.19 bits per heavy atom. The van der Waals surface area contributed by atoms with Crippen LogP contribution in [0.1, 0.15) is 26.7 Å². The zero-order valence-electron chi connectivity index (χ0n) is 10.7. The number of carbonyl (C=O) groups is 1. The monoisotopic (exact) mass is 244 g/mol. The van der Waals surface area contributed by atoms with Crippen LogP contribution in [0.3, 0.4) is 0 Å². The van der Waals surface area contributed by atoms with Gasteiger partial charge in [0.05, 0.1) is 0 Å². The van der Waals surface area contributed by atoms with Crippen molar-refractivity contribution in [2.75, 3.05) is 31.6 Å². The molecule has 94 valence electrons. The molecule has 1 aliphatic rings. The van der Waals surface area contributed by atoms with Crippen LogP contribution in [0.2, 0.25) is 0 Å². The first-order chi connectivity index (χ1) is 7.65. The highest BCUT2D eigenvalue weighted by Crippen LogP contribution is 2.22. The topological polar surface area (TPSA) is 32.3 Å². The Kier molecular flexibility index (Phi) is 6.03. The maximum atomic E-state index is 11.8. The number of carbonyl (C=O) groups excluding carboxylic acids is 1. The molecule has 0 aromatic rings. The van der Waals surface area contributed by atoms with Gasteiger partial charge in [0, 0.05) is 19.6 Å². The maximum absolute atomic E-state index is 11.8. The van der Waals surface area contributed by atoms with Gasteiger partial charge < -0.3 is 10.2 Å². The number of hydrogen-bond donors (Lipinski definition) is 1. The lowest BCUT2D eigenvalue weighted by Crippen LogP contribution is -2.47. The molecular formula is C12H24N2OS. The summed E-state index contributed by atoms with van der Waals surface area (Å²) in [6.07, 6.45) is 4.29. The molecule has 0 unspecified atom stereocenters. The molecule has 2 amide bonds. The molecule has 1 aliphatic heterocycles. The summed E-state index contributed by atoms with van der Waals surface area (Å²) in [6, 6.07) is 0.125. The molecule has 2 atom stereocenters. The Morgan fingerprint density at radius 1 is 1.44 bits per heavy atom. The van der Waals surface area contributed by atoms with E-state index in [9.17, 15) is 4.79 Å². The van der Waals surface area contributed by atoms with Crippen LogP contribution in [0.15, 0.2) is 0 Å². The van der Waals surface area contributed by atoms with Crippen LogP contribution in [0.4, 0.5) is 4.79 Å². The van der Waals surface area contributed by atoms with Gasteiger partial charge in [-0.1, -0.05) is 13.8 Å². The van der Waals surface area contributed by atoms with Crippen LogP contribution in [0.5, 0.6) is 0 Å². The van der Waals surface area contributed by atoms with Crippen LogP contribution < -0.4 is 5.32 Å². The SMILES string of the molecule is CSCCCNC(=O)N1CC[C@H](C)[C@H](C)C1. The number of thioether (sulfide) groups is 1. The van der Waals surface area contributed by atoms with E-state index in [1.54, 1.807) is 0 Å². The van der Waals surface area contributed by atoms with Gasteiger partial charge in [0.15, 0.2) is 0 Å². The first kappa shape index (κ1) is 13.7. The van der Waals surface area contributed by atoms with Crippen LogP contribution >= 0.6 is 11.8 Å². The summed E-state index contributed by atoms with van der Waals surface area (Å²) in [7, 11) is 0. The number of hydrogen-bond acceptors (Lipinski definition) is 2. The van der Waals surface area contributed by atoms with Crippen molar-refractivity contribution < 1.29 is 4.79 Å². The minimum Gasteiger partial charge on any atom is -0.338 e. The number of amides is 2. The third-order valence-corrected chi connectivity index (χ3v) is 4.12. The van der Waals surface area contributed by atoms with Gasteiger partial charge in [-0.3, -0.25) is 0 Å². The molecule has 1 saturated heterocycles. The number of rotatable bonds is 4. The molecule has 0 saturated carbocycles. The van der Waals surface area contributed by atoms with Crippen molar-refractivity contribution in [3.05, 3.63) is 0 Å². The number of nitrogens with zero attached hydrogens (tertiary/aromatic N) is 1. The highest BCUT2D eigenvalue weighted by Gasteiger charge is 2.25. The van der Waals surface area contributed by atoms with Gasteiger partial charge in [0.2, 0.25) is 0 Å². The Morgan fingerprint density at radius 3 is 2.81 bits per heavy atom. The summed E-state index contributed by atoms with van der Waals surface area (Å²) >= 11 is 1.82. The van der Waals surface area contributed by atoms with Gasteiger partial charge in [0.1, 0.15) is 0 Å². The Bertz CT molecular complexity index is 223. The maximum Gasteiger partial charge on any atom is 0.317 e. The molecule has 0 aromatic heterocycles. The molecule has 1 rings (SSSR count). The number of likely N-dealkylation sites (tertiary alicyclic amines) is 1. The van der Waals surface area contributed by atoms with Crippen molar-refractivity contribution in [1.82, 2.24) is 10.2 Å². The quantitative estimate of drug-likeness (QED) is 0.770. The van der Waals surface area contributed by atoms with E-state index in [-0.39, 0.29) is 6.03 Å². The number of nitrogens with one attached hydrogen (secondary N) is 1. The third kappa shape index (κ3) is 4.24. The Balaban J connectivity index is 2.21. The lowest BCUT2D eigenvalue weighted by atomic mass is 9.89. The van der Waals surface area contributed by atoms with Gasteiger partial charge >= 0.3 is 6.03 Å². The predicted octanol–water partition coefficient (Wildman–Crippen LogP) is 2.43. The smallest absolute Gasteiger partial charge is 0.317 e. The molecule has 4 heteroatoms. The molecule has 3 nitrogen and oxygen atoms in total. The van der Waals surface area contributed by atoms with Crippen LogP contribution in [0.25, 0.3) is 0 Å². The highest BCUT2D eigenvalue weighted by atomic mass is 32.2. The minimum absolute atomic E-state index is 0.125. The first-order valence-electron chi connectivity index (χ1n) is 6.17. The van der Waals surface area contributed by atoms with E-state index in [4.69, 9.17) is 0 Å². The highest BCUT2D eigenvalue weighted by molar-refractivity contribution is 7.98. The molecule has 0 aliphatic carbocycles. The summed E-state index contributed by atoms with van der Waals surface area (Å²) in [5.41, 5.74) is 0. The van der Waals surface area contributed by atoms with Crippen molar-refractivity contribution in [2.45, 2.75) is 26.7 Å².